The summed E-state index contributed by atoms with van der Waals surface area (Å²) < 4.78 is 10.8. The number of aliphatic hydroxyl groups is 4. The molecular formula is C21H16CaO11. The van der Waals surface area contributed by atoms with E-state index in [1.165, 1.54) is 18.2 Å². The number of carbonyl (C=O) groups excluding carboxylic acids is 3. The normalized spacial score (nSPS) is 26.1. The number of aromatic carboxylic acids is 1. The first-order chi connectivity index (χ1) is 15.1. The molecule has 168 valence electrons. The van der Waals surface area contributed by atoms with Crippen LogP contribution in [0.15, 0.2) is 30.3 Å². The average molecular weight is 484 g/mol. The summed E-state index contributed by atoms with van der Waals surface area (Å²) >= 11 is 0. The van der Waals surface area contributed by atoms with Crippen molar-refractivity contribution in [2.24, 2.45) is 0 Å². The minimum atomic E-state index is -1.77. The molecular weight excluding hydrogens is 468 g/mol. The van der Waals surface area contributed by atoms with E-state index in [9.17, 15) is 45.0 Å². The van der Waals surface area contributed by atoms with Gasteiger partial charge in [-0.1, -0.05) is 23.9 Å². The Morgan fingerprint density at radius 3 is 2.33 bits per heavy atom. The van der Waals surface area contributed by atoms with Gasteiger partial charge in [-0.25, -0.2) is 0 Å². The Morgan fingerprint density at radius 1 is 1.00 bits per heavy atom. The van der Waals surface area contributed by atoms with E-state index in [4.69, 9.17) is 9.47 Å². The second kappa shape index (κ2) is 9.64. The standard InChI is InChI=1S/C21H18O11.Ca/c22-6-12-16(25)18(27)19(28)21(32-12)31-11-3-1-2-8-14(11)17(26)13-9(15(8)24)4-7(20(29)30)5-10(13)23;/h1-5,12,16,18-19,21-23,25,27-28H,6H2,(H,29,30);/q;+2/p-2/t12-,16-,18+,19-,21-;/m1./s1. The third kappa shape index (κ3) is 4.27. The number of hydrogen-bond donors (Lipinski definition) is 4. The van der Waals surface area contributed by atoms with Gasteiger partial charge in [-0.05, 0) is 17.7 Å². The molecule has 1 fully saturated rings. The van der Waals surface area contributed by atoms with Gasteiger partial charge < -0.3 is 44.9 Å². The number of carbonyl (C=O) groups is 3. The van der Waals surface area contributed by atoms with Gasteiger partial charge in [0.15, 0.2) is 11.6 Å². The van der Waals surface area contributed by atoms with Gasteiger partial charge in [0.1, 0.15) is 30.2 Å². The van der Waals surface area contributed by atoms with Gasteiger partial charge in [0.05, 0.1) is 18.1 Å². The molecule has 12 heteroatoms. The Bertz CT molecular complexity index is 1130. The second-order valence-corrected chi connectivity index (χ2v) is 7.34. The summed E-state index contributed by atoms with van der Waals surface area (Å²) in [6.07, 6.45) is -8.04. The van der Waals surface area contributed by atoms with Crippen LogP contribution >= 0.6 is 0 Å². The molecule has 0 spiro atoms. The molecule has 1 saturated heterocycles. The van der Waals surface area contributed by atoms with Crippen LogP contribution < -0.4 is 14.9 Å². The quantitative estimate of drug-likeness (QED) is 0.271. The second-order valence-electron chi connectivity index (χ2n) is 7.34. The zero-order chi connectivity index (χ0) is 23.3. The van der Waals surface area contributed by atoms with Crippen LogP contribution in [0.25, 0.3) is 0 Å². The minimum absolute atomic E-state index is 0. The van der Waals surface area contributed by atoms with E-state index in [0.717, 1.165) is 6.07 Å². The van der Waals surface area contributed by atoms with Crippen molar-refractivity contribution in [3.05, 3.63) is 58.1 Å². The van der Waals surface area contributed by atoms with Crippen molar-refractivity contribution in [2.75, 3.05) is 6.61 Å². The van der Waals surface area contributed by atoms with Crippen molar-refractivity contribution < 1.29 is 54.5 Å². The Morgan fingerprint density at radius 2 is 1.70 bits per heavy atom. The SMILES string of the molecule is O=C([O-])c1cc([O-])c2c(c1)C(=O)c1cccc(O[C@@H]3O[C@H](CO)[C@@H](O)[C@H](O)[C@H]3O)c1C2=O.[Ca+2]. The van der Waals surface area contributed by atoms with Crippen molar-refractivity contribution in [2.45, 2.75) is 30.7 Å². The van der Waals surface area contributed by atoms with Crippen LogP contribution in [0, 0.1) is 0 Å². The number of ketones is 2. The van der Waals surface area contributed by atoms with E-state index < -0.39 is 71.7 Å². The van der Waals surface area contributed by atoms with Gasteiger partial charge in [0, 0.05) is 16.7 Å². The summed E-state index contributed by atoms with van der Waals surface area (Å²) in [4.78, 5) is 37.2. The predicted molar refractivity (Wildman–Crippen MR) is 104 cm³/mol. The van der Waals surface area contributed by atoms with Crippen LogP contribution in [-0.4, -0.2) is 113 Å². The van der Waals surface area contributed by atoms with E-state index in [0.29, 0.717) is 6.07 Å². The molecule has 1 heterocycles. The summed E-state index contributed by atoms with van der Waals surface area (Å²) in [7, 11) is 0. The third-order valence-electron chi connectivity index (χ3n) is 5.40. The first kappa shape index (κ1) is 25.5. The van der Waals surface area contributed by atoms with E-state index in [2.05, 4.69) is 0 Å². The fraction of sp³-hybridized carbons (Fsp3) is 0.286. The Balaban J connectivity index is 0.00000306. The number of fused-ring (bicyclic) bond motifs is 2. The summed E-state index contributed by atoms with van der Waals surface area (Å²) in [6, 6.07) is 5.44. The molecule has 11 nitrogen and oxygen atoms in total. The third-order valence-corrected chi connectivity index (χ3v) is 5.40. The number of rotatable bonds is 4. The summed E-state index contributed by atoms with van der Waals surface area (Å²) in [6.45, 7) is -0.706. The summed E-state index contributed by atoms with van der Waals surface area (Å²) in [5, 5.41) is 62.8. The van der Waals surface area contributed by atoms with Crippen molar-refractivity contribution in [1.29, 1.82) is 0 Å². The van der Waals surface area contributed by atoms with Gasteiger partial charge in [-0.3, -0.25) is 9.59 Å². The largest absolute Gasteiger partial charge is 2.00 e. The maximum absolute atomic E-state index is 13.1. The fourth-order valence-electron chi connectivity index (χ4n) is 3.76. The number of carboxylic acid groups (broad SMARTS) is 1. The Labute approximate surface area is 215 Å². The van der Waals surface area contributed by atoms with Gasteiger partial charge >= 0.3 is 37.7 Å². The number of carboxylic acids is 1. The molecule has 2 aromatic rings. The van der Waals surface area contributed by atoms with E-state index >= 15 is 0 Å². The Hall–Kier alpha value is -2.09. The molecule has 0 bridgehead atoms. The molecule has 4 rings (SSSR count). The van der Waals surface area contributed by atoms with E-state index in [1.807, 2.05) is 0 Å². The number of hydrogen-bond acceptors (Lipinski definition) is 11. The zero-order valence-corrected chi connectivity index (χ0v) is 19.0. The van der Waals surface area contributed by atoms with Crippen molar-refractivity contribution in [1.82, 2.24) is 0 Å². The molecule has 4 N–H and O–H groups in total. The van der Waals surface area contributed by atoms with Crippen LogP contribution in [0.1, 0.15) is 42.2 Å². The van der Waals surface area contributed by atoms with Crippen molar-refractivity contribution >= 4 is 55.3 Å². The molecule has 5 atom stereocenters. The molecule has 0 unspecified atom stereocenters. The molecule has 2 aliphatic rings. The molecule has 0 amide bonds. The zero-order valence-electron chi connectivity index (χ0n) is 16.8. The first-order valence-corrected chi connectivity index (χ1v) is 9.41. The van der Waals surface area contributed by atoms with Gasteiger partial charge in [0.2, 0.25) is 6.29 Å². The molecule has 0 aromatic heterocycles. The van der Waals surface area contributed by atoms with Crippen molar-refractivity contribution in [3.8, 4) is 11.5 Å². The minimum Gasteiger partial charge on any atom is -0.872 e. The first-order valence-electron chi connectivity index (χ1n) is 9.41. The van der Waals surface area contributed by atoms with Crippen LogP contribution in [0.3, 0.4) is 0 Å². The predicted octanol–water partition coefficient (Wildman–Crippen LogP) is -3.30. The molecule has 1 aliphatic carbocycles. The molecule has 1 aliphatic heterocycles. The van der Waals surface area contributed by atoms with Gasteiger partial charge in [0.25, 0.3) is 0 Å². The topological polar surface area (TPSA) is 197 Å². The van der Waals surface area contributed by atoms with Crippen LogP contribution in [-0.2, 0) is 4.74 Å². The molecule has 0 saturated carbocycles. The van der Waals surface area contributed by atoms with Crippen LogP contribution in [0.4, 0.5) is 0 Å². The van der Waals surface area contributed by atoms with E-state index in [1.54, 1.807) is 0 Å². The maximum Gasteiger partial charge on any atom is 2.00 e. The van der Waals surface area contributed by atoms with Crippen LogP contribution in [0.5, 0.6) is 11.5 Å². The molecule has 2 aromatic carbocycles. The van der Waals surface area contributed by atoms with Crippen LogP contribution in [0.2, 0.25) is 0 Å². The number of benzene rings is 2. The summed E-state index contributed by atoms with van der Waals surface area (Å²) in [5.41, 5.74) is -1.98. The summed E-state index contributed by atoms with van der Waals surface area (Å²) in [5.74, 6) is -4.65. The van der Waals surface area contributed by atoms with Gasteiger partial charge in [-0.2, -0.15) is 0 Å². The number of aliphatic hydroxyl groups excluding tert-OH is 4. The monoisotopic (exact) mass is 484 g/mol. The smallest absolute Gasteiger partial charge is 0.872 e. The van der Waals surface area contributed by atoms with Gasteiger partial charge in [-0.15, -0.1) is 0 Å². The maximum atomic E-state index is 13.1. The number of ether oxygens (including phenoxy) is 2. The molecule has 33 heavy (non-hydrogen) atoms. The molecule has 0 radical (unpaired) electrons. The average Bonchev–Trinajstić information content (AvgIpc) is 2.77. The fourth-order valence-corrected chi connectivity index (χ4v) is 3.76. The van der Waals surface area contributed by atoms with Crippen molar-refractivity contribution in [3.63, 3.8) is 0 Å². The Kier molecular flexibility index (Phi) is 7.46. The van der Waals surface area contributed by atoms with E-state index in [-0.39, 0.29) is 60.2 Å².